The quantitative estimate of drug-likeness (QED) is 0.760. The average molecular weight is 365 g/mol. The molecule has 1 aromatic carbocycles. The highest BCUT2D eigenvalue weighted by molar-refractivity contribution is 5.90. The van der Waals surface area contributed by atoms with Crippen molar-refractivity contribution in [3.05, 3.63) is 48.6 Å². The summed E-state index contributed by atoms with van der Waals surface area (Å²) in [4.78, 5) is 22.4. The lowest BCUT2D eigenvalue weighted by Crippen LogP contribution is -2.50. The number of pyridine rings is 1. The Morgan fingerprint density at radius 3 is 2.78 bits per heavy atom. The molecule has 1 fully saturated rings. The summed E-state index contributed by atoms with van der Waals surface area (Å²) in [6, 6.07) is 8.76. The second-order valence-corrected chi connectivity index (χ2v) is 6.29. The number of hydrogen-bond donors (Lipinski definition) is 1. The van der Waals surface area contributed by atoms with Crippen molar-refractivity contribution in [1.82, 2.24) is 20.0 Å². The molecule has 0 radical (unpaired) electrons. The lowest BCUT2D eigenvalue weighted by atomic mass is 10.0. The van der Waals surface area contributed by atoms with Crippen LogP contribution in [-0.4, -0.2) is 45.9 Å². The van der Waals surface area contributed by atoms with Crippen molar-refractivity contribution in [3.8, 4) is 22.9 Å². The van der Waals surface area contributed by atoms with Crippen LogP contribution in [0.1, 0.15) is 11.8 Å². The number of aromatic nitrogens is 3. The van der Waals surface area contributed by atoms with E-state index >= 15 is 0 Å². The molecule has 0 aliphatic carbocycles. The van der Waals surface area contributed by atoms with Crippen LogP contribution in [0, 0.1) is 0 Å². The van der Waals surface area contributed by atoms with E-state index in [1.165, 1.54) is 0 Å². The number of amides is 2. The van der Waals surface area contributed by atoms with E-state index in [9.17, 15) is 4.79 Å². The zero-order chi connectivity index (χ0) is 18.2. The monoisotopic (exact) mass is 365 g/mol. The number of likely N-dealkylation sites (tertiary alicyclic amines) is 1. The topological polar surface area (TPSA) is 103 Å². The van der Waals surface area contributed by atoms with Crippen LogP contribution in [0.25, 0.3) is 11.4 Å². The lowest BCUT2D eigenvalue weighted by molar-refractivity contribution is 0.147. The number of nitrogens with one attached hydrogen (secondary N) is 1. The van der Waals surface area contributed by atoms with E-state index in [4.69, 9.17) is 14.0 Å². The van der Waals surface area contributed by atoms with Crippen LogP contribution in [0.5, 0.6) is 11.5 Å². The maximum absolute atomic E-state index is 12.4. The summed E-state index contributed by atoms with van der Waals surface area (Å²) in [6.45, 7) is 1.24. The van der Waals surface area contributed by atoms with Crippen molar-refractivity contribution in [2.45, 2.75) is 5.92 Å². The molecule has 5 rings (SSSR count). The summed E-state index contributed by atoms with van der Waals surface area (Å²) in [6.07, 6.45) is 3.35. The number of ether oxygens (including phenoxy) is 2. The van der Waals surface area contributed by atoms with Crippen LogP contribution in [0.2, 0.25) is 0 Å². The molecular weight excluding hydrogens is 350 g/mol. The number of anilines is 1. The summed E-state index contributed by atoms with van der Waals surface area (Å²) in [7, 11) is 0. The predicted octanol–water partition coefficient (Wildman–Crippen LogP) is 2.49. The third-order valence-electron chi connectivity index (χ3n) is 4.52. The van der Waals surface area contributed by atoms with Gasteiger partial charge in [-0.2, -0.15) is 4.98 Å². The van der Waals surface area contributed by atoms with E-state index in [0.717, 1.165) is 5.56 Å². The maximum Gasteiger partial charge on any atom is 0.321 e. The first kappa shape index (κ1) is 15.6. The van der Waals surface area contributed by atoms with Gasteiger partial charge in [0.15, 0.2) is 11.5 Å². The lowest BCUT2D eigenvalue weighted by Gasteiger charge is -2.36. The molecule has 1 N–H and O–H groups in total. The molecule has 2 aromatic heterocycles. The van der Waals surface area contributed by atoms with E-state index in [2.05, 4.69) is 20.4 Å². The molecular formula is C18H15N5O4. The van der Waals surface area contributed by atoms with E-state index in [1.54, 1.807) is 35.5 Å². The highest BCUT2D eigenvalue weighted by atomic mass is 16.7. The van der Waals surface area contributed by atoms with Crippen LogP contribution in [-0.2, 0) is 0 Å². The highest BCUT2D eigenvalue weighted by Gasteiger charge is 2.36. The van der Waals surface area contributed by atoms with Gasteiger partial charge in [-0.05, 0) is 24.3 Å². The summed E-state index contributed by atoms with van der Waals surface area (Å²) < 4.78 is 15.9. The minimum Gasteiger partial charge on any atom is -0.454 e. The first-order chi connectivity index (χ1) is 13.3. The van der Waals surface area contributed by atoms with Gasteiger partial charge in [0.1, 0.15) is 0 Å². The number of fused-ring (bicyclic) bond motifs is 1. The number of benzene rings is 1. The summed E-state index contributed by atoms with van der Waals surface area (Å²) in [5.41, 5.74) is 1.50. The molecule has 9 nitrogen and oxygen atoms in total. The molecule has 0 spiro atoms. The fourth-order valence-electron chi connectivity index (χ4n) is 3.00. The molecule has 136 valence electrons. The summed E-state index contributed by atoms with van der Waals surface area (Å²) in [5, 5.41) is 6.86. The van der Waals surface area contributed by atoms with E-state index in [0.29, 0.717) is 42.0 Å². The molecule has 0 bridgehead atoms. The standard InChI is InChI=1S/C18H15N5O4/c24-18(20-13-1-2-14-15(7-13)26-10-25-14)23-8-12(9-23)17-21-16(22-27-17)11-3-5-19-6-4-11/h1-7,12H,8-10H2,(H,20,24). The molecule has 0 saturated carbocycles. The van der Waals surface area contributed by atoms with E-state index in [1.807, 2.05) is 12.1 Å². The van der Waals surface area contributed by atoms with Gasteiger partial charge in [-0.3, -0.25) is 4.98 Å². The Kier molecular flexibility index (Phi) is 3.63. The van der Waals surface area contributed by atoms with Gasteiger partial charge in [0.25, 0.3) is 0 Å². The first-order valence-electron chi connectivity index (χ1n) is 8.46. The molecule has 2 amide bonds. The zero-order valence-corrected chi connectivity index (χ0v) is 14.2. The van der Waals surface area contributed by atoms with Crippen molar-refractivity contribution in [3.63, 3.8) is 0 Å². The third kappa shape index (κ3) is 2.92. The van der Waals surface area contributed by atoms with Gasteiger partial charge in [-0.25, -0.2) is 4.79 Å². The second-order valence-electron chi connectivity index (χ2n) is 6.29. The second kappa shape index (κ2) is 6.27. The number of carbonyl (C=O) groups excluding carboxylic acids is 1. The van der Waals surface area contributed by atoms with Gasteiger partial charge in [0, 0.05) is 42.8 Å². The zero-order valence-electron chi connectivity index (χ0n) is 14.2. The molecule has 2 aliphatic heterocycles. The Bertz CT molecular complexity index is 984. The minimum absolute atomic E-state index is 0.0376. The molecule has 1 saturated heterocycles. The van der Waals surface area contributed by atoms with Crippen molar-refractivity contribution in [1.29, 1.82) is 0 Å². The Labute approximate surface area is 153 Å². The number of rotatable bonds is 3. The van der Waals surface area contributed by atoms with Gasteiger partial charge in [0.05, 0.1) is 5.92 Å². The molecule has 3 aromatic rings. The van der Waals surface area contributed by atoms with E-state index < -0.39 is 0 Å². The van der Waals surface area contributed by atoms with Gasteiger partial charge < -0.3 is 24.2 Å². The van der Waals surface area contributed by atoms with Gasteiger partial charge in [0.2, 0.25) is 18.5 Å². The van der Waals surface area contributed by atoms with Crippen molar-refractivity contribution >= 4 is 11.7 Å². The molecule has 2 aliphatic rings. The molecule has 0 atom stereocenters. The fourth-order valence-corrected chi connectivity index (χ4v) is 3.00. The maximum atomic E-state index is 12.4. The third-order valence-corrected chi connectivity index (χ3v) is 4.52. The SMILES string of the molecule is O=C(Nc1ccc2c(c1)OCO2)N1CC(c2nc(-c3ccncc3)no2)C1. The minimum atomic E-state index is -0.181. The van der Waals surface area contributed by atoms with Crippen LogP contribution < -0.4 is 14.8 Å². The first-order valence-corrected chi connectivity index (χ1v) is 8.46. The molecule has 9 heteroatoms. The number of carbonyl (C=O) groups is 1. The average Bonchev–Trinajstić information content (AvgIpc) is 3.30. The molecule has 0 unspecified atom stereocenters. The van der Waals surface area contributed by atoms with Crippen molar-refractivity contribution in [2.24, 2.45) is 0 Å². The Morgan fingerprint density at radius 2 is 1.93 bits per heavy atom. The fraction of sp³-hybridized carbons (Fsp3) is 0.222. The van der Waals surface area contributed by atoms with Crippen LogP contribution in [0.4, 0.5) is 10.5 Å². The van der Waals surface area contributed by atoms with Crippen molar-refractivity contribution in [2.75, 3.05) is 25.2 Å². The largest absolute Gasteiger partial charge is 0.454 e. The smallest absolute Gasteiger partial charge is 0.321 e. The highest BCUT2D eigenvalue weighted by Crippen LogP contribution is 2.34. The van der Waals surface area contributed by atoms with Gasteiger partial charge in [-0.1, -0.05) is 5.16 Å². The van der Waals surface area contributed by atoms with Crippen LogP contribution in [0.3, 0.4) is 0 Å². The molecule has 27 heavy (non-hydrogen) atoms. The summed E-state index contributed by atoms with van der Waals surface area (Å²) in [5.74, 6) is 2.40. The Balaban J connectivity index is 1.19. The van der Waals surface area contributed by atoms with E-state index in [-0.39, 0.29) is 18.7 Å². The molecule has 4 heterocycles. The summed E-state index contributed by atoms with van der Waals surface area (Å²) >= 11 is 0. The van der Waals surface area contributed by atoms with Crippen molar-refractivity contribution < 1.29 is 18.8 Å². The number of urea groups is 1. The van der Waals surface area contributed by atoms with Gasteiger partial charge >= 0.3 is 6.03 Å². The Morgan fingerprint density at radius 1 is 1.11 bits per heavy atom. The number of hydrogen-bond acceptors (Lipinski definition) is 7. The van der Waals surface area contributed by atoms with Crippen LogP contribution in [0.15, 0.2) is 47.2 Å². The predicted molar refractivity (Wildman–Crippen MR) is 93.4 cm³/mol. The normalized spacial score (nSPS) is 15.5. The van der Waals surface area contributed by atoms with Gasteiger partial charge in [-0.15, -0.1) is 0 Å². The van der Waals surface area contributed by atoms with Crippen LogP contribution >= 0.6 is 0 Å². The number of nitrogens with zero attached hydrogens (tertiary/aromatic N) is 4. The Hall–Kier alpha value is -3.62.